The maximum Gasteiger partial charge on any atom is 0.264 e. The minimum Gasteiger partial charge on any atom is -0.351 e. The predicted molar refractivity (Wildman–Crippen MR) is 109 cm³/mol. The first kappa shape index (κ1) is 17.2. The van der Waals surface area contributed by atoms with Crippen LogP contribution in [0.2, 0.25) is 0 Å². The summed E-state index contributed by atoms with van der Waals surface area (Å²) in [6, 6.07) is 8.83. The molecule has 2 fully saturated rings. The Morgan fingerprint density at radius 2 is 2.04 bits per heavy atom. The molecule has 0 atom stereocenters. The molecule has 0 unspecified atom stereocenters. The summed E-state index contributed by atoms with van der Waals surface area (Å²) in [5.74, 6) is -0.0767. The van der Waals surface area contributed by atoms with Crippen molar-refractivity contribution in [2.24, 2.45) is 4.99 Å². The highest BCUT2D eigenvalue weighted by Crippen LogP contribution is 2.32. The molecule has 26 heavy (non-hydrogen) atoms. The standard InChI is InChI=1S/C21H23N3OS/c1-14-7-8-18(15(2)11-14)22-21-23-20(25)19(26-21)12-16-9-10-24(13-16)17-5-3-4-6-17/h7-13,17H,3-6H2,1-2H3,(H,22,23,25)/b19-12+. The highest BCUT2D eigenvalue weighted by Gasteiger charge is 2.24. The molecule has 1 aliphatic carbocycles. The normalized spacial score (nSPS) is 21.1. The number of benzene rings is 1. The summed E-state index contributed by atoms with van der Waals surface area (Å²) in [5.41, 5.74) is 4.29. The summed E-state index contributed by atoms with van der Waals surface area (Å²) in [6.45, 7) is 4.10. The lowest BCUT2D eigenvalue weighted by molar-refractivity contribution is -0.115. The van der Waals surface area contributed by atoms with Gasteiger partial charge in [0, 0.05) is 18.4 Å². The Morgan fingerprint density at radius 3 is 2.81 bits per heavy atom. The minimum atomic E-state index is -0.0767. The van der Waals surface area contributed by atoms with Crippen LogP contribution < -0.4 is 5.32 Å². The topological polar surface area (TPSA) is 46.4 Å². The molecule has 4 nitrogen and oxygen atoms in total. The quantitative estimate of drug-likeness (QED) is 0.768. The van der Waals surface area contributed by atoms with Crippen LogP contribution in [0.1, 0.15) is 48.4 Å². The molecule has 0 bridgehead atoms. The van der Waals surface area contributed by atoms with E-state index in [1.54, 1.807) is 0 Å². The third-order valence-corrected chi connectivity index (χ3v) is 5.92. The van der Waals surface area contributed by atoms with Crippen molar-refractivity contribution in [1.29, 1.82) is 0 Å². The molecule has 0 spiro atoms. The average molecular weight is 366 g/mol. The van der Waals surface area contributed by atoms with Crippen molar-refractivity contribution in [2.45, 2.75) is 45.6 Å². The summed E-state index contributed by atoms with van der Waals surface area (Å²) in [5, 5.41) is 3.52. The number of aryl methyl sites for hydroxylation is 2. The fourth-order valence-electron chi connectivity index (χ4n) is 3.62. The van der Waals surface area contributed by atoms with E-state index in [9.17, 15) is 4.79 Å². The van der Waals surface area contributed by atoms with Crippen molar-refractivity contribution in [1.82, 2.24) is 9.88 Å². The molecule has 1 saturated heterocycles. The van der Waals surface area contributed by atoms with Gasteiger partial charge in [-0.25, -0.2) is 4.99 Å². The van der Waals surface area contributed by atoms with Crippen molar-refractivity contribution in [2.75, 3.05) is 0 Å². The first-order valence-corrected chi connectivity index (χ1v) is 9.94. The zero-order valence-electron chi connectivity index (χ0n) is 15.2. The zero-order valence-corrected chi connectivity index (χ0v) is 16.0. The molecule has 1 saturated carbocycles. The number of amidine groups is 1. The zero-order chi connectivity index (χ0) is 18.1. The molecule has 2 heterocycles. The van der Waals surface area contributed by atoms with E-state index in [1.165, 1.54) is 43.0 Å². The van der Waals surface area contributed by atoms with E-state index < -0.39 is 0 Å². The van der Waals surface area contributed by atoms with E-state index in [1.807, 2.05) is 25.1 Å². The predicted octanol–water partition coefficient (Wildman–Crippen LogP) is 5.11. The van der Waals surface area contributed by atoms with Crippen LogP contribution in [0.3, 0.4) is 0 Å². The number of thioether (sulfide) groups is 1. The summed E-state index contributed by atoms with van der Waals surface area (Å²) >= 11 is 1.40. The number of aliphatic imine (C=N–C) groups is 1. The van der Waals surface area contributed by atoms with Crippen molar-refractivity contribution in [3.63, 3.8) is 0 Å². The number of nitrogens with one attached hydrogen (secondary N) is 1. The van der Waals surface area contributed by atoms with Gasteiger partial charge in [-0.1, -0.05) is 30.5 Å². The summed E-state index contributed by atoms with van der Waals surface area (Å²) in [6.07, 6.45) is 11.4. The maximum atomic E-state index is 12.3. The van der Waals surface area contributed by atoms with Crippen LogP contribution in [0.15, 0.2) is 46.6 Å². The van der Waals surface area contributed by atoms with Gasteiger partial charge >= 0.3 is 0 Å². The van der Waals surface area contributed by atoms with Gasteiger partial charge < -0.3 is 9.88 Å². The second-order valence-electron chi connectivity index (χ2n) is 7.10. The molecule has 134 valence electrons. The van der Waals surface area contributed by atoms with Gasteiger partial charge in [-0.05, 0) is 67.8 Å². The fourth-order valence-corrected chi connectivity index (χ4v) is 4.45. The SMILES string of the molecule is Cc1ccc(N=C2NC(=O)/C(=C\c3ccn(C4CCCC4)c3)S2)c(C)c1. The van der Waals surface area contributed by atoms with Crippen molar-refractivity contribution in [3.05, 3.63) is 58.3 Å². The first-order valence-electron chi connectivity index (χ1n) is 9.13. The lowest BCUT2D eigenvalue weighted by Gasteiger charge is -2.10. The fraction of sp³-hybridized carbons (Fsp3) is 0.333. The molecule has 1 N–H and O–H groups in total. The van der Waals surface area contributed by atoms with Gasteiger partial charge in [0.25, 0.3) is 5.91 Å². The highest BCUT2D eigenvalue weighted by atomic mass is 32.2. The van der Waals surface area contributed by atoms with Gasteiger partial charge in [0.1, 0.15) is 0 Å². The second-order valence-corrected chi connectivity index (χ2v) is 8.13. The summed E-state index contributed by atoms with van der Waals surface area (Å²) in [4.78, 5) is 17.6. The van der Waals surface area contributed by atoms with E-state index >= 15 is 0 Å². The number of aromatic nitrogens is 1. The van der Waals surface area contributed by atoms with Gasteiger partial charge in [0.15, 0.2) is 5.17 Å². The number of hydrogen-bond acceptors (Lipinski definition) is 3. The van der Waals surface area contributed by atoms with E-state index in [-0.39, 0.29) is 5.91 Å². The molecule has 5 heteroatoms. The molecule has 4 rings (SSSR count). The van der Waals surface area contributed by atoms with Crippen molar-refractivity contribution < 1.29 is 4.79 Å². The van der Waals surface area contributed by atoms with Crippen molar-refractivity contribution in [3.8, 4) is 0 Å². The van der Waals surface area contributed by atoms with Gasteiger partial charge in [0.2, 0.25) is 0 Å². The smallest absolute Gasteiger partial charge is 0.264 e. The van der Waals surface area contributed by atoms with E-state index in [4.69, 9.17) is 0 Å². The Labute approximate surface area is 158 Å². The molecule has 0 radical (unpaired) electrons. The summed E-state index contributed by atoms with van der Waals surface area (Å²) in [7, 11) is 0. The van der Waals surface area contributed by atoms with Gasteiger partial charge in [-0.2, -0.15) is 0 Å². The largest absolute Gasteiger partial charge is 0.351 e. The molecule has 2 aromatic rings. The average Bonchev–Trinajstić information content (AvgIpc) is 3.32. The second kappa shape index (κ2) is 7.16. The Bertz CT molecular complexity index is 904. The maximum absolute atomic E-state index is 12.3. The van der Waals surface area contributed by atoms with Crippen LogP contribution in [0.25, 0.3) is 6.08 Å². The van der Waals surface area contributed by atoms with Crippen LogP contribution in [0, 0.1) is 13.8 Å². The van der Waals surface area contributed by atoms with E-state index in [2.05, 4.69) is 46.3 Å². The highest BCUT2D eigenvalue weighted by molar-refractivity contribution is 8.18. The van der Waals surface area contributed by atoms with Crippen LogP contribution >= 0.6 is 11.8 Å². The Kier molecular flexibility index (Phi) is 4.72. The lowest BCUT2D eigenvalue weighted by Crippen LogP contribution is -2.19. The van der Waals surface area contributed by atoms with E-state index in [0.717, 1.165) is 16.8 Å². The van der Waals surface area contributed by atoms with Gasteiger partial charge in [-0.15, -0.1) is 0 Å². The van der Waals surface area contributed by atoms with Crippen LogP contribution in [-0.4, -0.2) is 15.6 Å². The minimum absolute atomic E-state index is 0.0767. The number of hydrogen-bond donors (Lipinski definition) is 1. The Hall–Kier alpha value is -2.27. The monoisotopic (exact) mass is 365 g/mol. The number of carbonyl (C=O) groups is 1. The number of amides is 1. The molecular formula is C21H23N3OS. The first-order chi connectivity index (χ1) is 12.6. The molecule has 1 aliphatic heterocycles. The van der Waals surface area contributed by atoms with Gasteiger partial charge in [0.05, 0.1) is 10.6 Å². The summed E-state index contributed by atoms with van der Waals surface area (Å²) < 4.78 is 2.29. The lowest BCUT2D eigenvalue weighted by atomic mass is 10.1. The Morgan fingerprint density at radius 1 is 1.23 bits per heavy atom. The number of nitrogens with zero attached hydrogens (tertiary/aromatic N) is 2. The van der Waals surface area contributed by atoms with E-state index in [0.29, 0.717) is 16.1 Å². The third kappa shape index (κ3) is 3.63. The molecule has 2 aliphatic rings. The Balaban J connectivity index is 1.52. The third-order valence-electron chi connectivity index (χ3n) is 5.01. The molecular weight excluding hydrogens is 342 g/mol. The van der Waals surface area contributed by atoms with Crippen molar-refractivity contribution >= 4 is 34.6 Å². The van der Waals surface area contributed by atoms with Crippen LogP contribution in [0.5, 0.6) is 0 Å². The molecule has 1 aromatic heterocycles. The van der Waals surface area contributed by atoms with Crippen LogP contribution in [0.4, 0.5) is 5.69 Å². The van der Waals surface area contributed by atoms with Crippen LogP contribution in [-0.2, 0) is 4.79 Å². The number of rotatable bonds is 3. The van der Waals surface area contributed by atoms with Gasteiger partial charge in [-0.3, -0.25) is 4.79 Å². The molecule has 1 amide bonds. The number of carbonyl (C=O) groups excluding carboxylic acids is 1. The molecule has 1 aromatic carbocycles.